The molecule has 1 fully saturated rings. The molecule has 2 aliphatic heterocycles. The number of ether oxygens (including phenoxy) is 3. The van der Waals surface area contributed by atoms with Crippen molar-refractivity contribution in [3.8, 4) is 11.5 Å². The summed E-state index contributed by atoms with van der Waals surface area (Å²) in [5.41, 5.74) is 2.57. The first-order chi connectivity index (χ1) is 12.6. The number of hydrogen-bond donors (Lipinski definition) is 1. The number of hydrogen-bond acceptors (Lipinski definition) is 5. The number of likely N-dealkylation sites (N-methyl/N-ethyl adjacent to an activating group) is 1. The summed E-state index contributed by atoms with van der Waals surface area (Å²) in [5, 5.41) is 3.48. The Hall–Kier alpha value is -1.26. The van der Waals surface area contributed by atoms with Crippen molar-refractivity contribution in [3.63, 3.8) is 0 Å². The van der Waals surface area contributed by atoms with Gasteiger partial charge >= 0.3 is 0 Å². The molecule has 1 unspecified atom stereocenters. The summed E-state index contributed by atoms with van der Waals surface area (Å²) >= 11 is 0. The summed E-state index contributed by atoms with van der Waals surface area (Å²) in [6.07, 6.45) is 1.16. The van der Waals surface area contributed by atoms with Crippen molar-refractivity contribution in [3.05, 3.63) is 23.3 Å². The lowest BCUT2D eigenvalue weighted by Crippen LogP contribution is -2.50. The summed E-state index contributed by atoms with van der Waals surface area (Å²) in [6, 6.07) is 4.17. The zero-order chi connectivity index (χ0) is 18.5. The summed E-state index contributed by atoms with van der Waals surface area (Å²) < 4.78 is 16.7. The maximum Gasteiger partial charge on any atom is 0.194 e. The molecule has 1 aromatic carbocycles. The third-order valence-corrected chi connectivity index (χ3v) is 5.06. The van der Waals surface area contributed by atoms with Crippen LogP contribution in [0.2, 0.25) is 0 Å². The predicted octanol–water partition coefficient (Wildman–Crippen LogP) is 1.59. The average molecular weight is 490 g/mol. The van der Waals surface area contributed by atoms with Gasteiger partial charge in [0.2, 0.25) is 0 Å². The van der Waals surface area contributed by atoms with Crippen LogP contribution in [-0.2, 0) is 17.7 Å². The maximum atomic E-state index is 5.83. The average Bonchev–Trinajstić information content (AvgIpc) is 2.67. The van der Waals surface area contributed by atoms with Gasteiger partial charge < -0.3 is 29.3 Å². The molecule has 1 aromatic rings. The van der Waals surface area contributed by atoms with E-state index in [1.54, 1.807) is 14.2 Å². The van der Waals surface area contributed by atoms with Crippen molar-refractivity contribution in [2.75, 3.05) is 61.1 Å². The Balaban J connectivity index is 0.00000261. The molecule has 8 heteroatoms. The summed E-state index contributed by atoms with van der Waals surface area (Å²) in [4.78, 5) is 9.05. The van der Waals surface area contributed by atoms with Gasteiger partial charge in [0, 0.05) is 39.8 Å². The number of nitrogens with one attached hydrogen (secondary N) is 1. The van der Waals surface area contributed by atoms with Gasteiger partial charge in [-0.1, -0.05) is 0 Å². The Morgan fingerprint density at radius 2 is 1.93 bits per heavy atom. The Labute approximate surface area is 179 Å². The van der Waals surface area contributed by atoms with Crippen LogP contribution in [0.5, 0.6) is 11.5 Å². The minimum Gasteiger partial charge on any atom is -0.493 e. The van der Waals surface area contributed by atoms with Crippen LogP contribution in [0.1, 0.15) is 11.1 Å². The SMILES string of the molecule is CN=C(NCC1CN(C)CCO1)N1CCc2cc(OC)c(OC)cc2C1.I. The van der Waals surface area contributed by atoms with E-state index in [-0.39, 0.29) is 30.1 Å². The molecule has 2 aliphatic rings. The number of nitrogens with zero attached hydrogens (tertiary/aromatic N) is 3. The van der Waals surface area contributed by atoms with Crippen LogP contribution in [0.3, 0.4) is 0 Å². The molecule has 0 radical (unpaired) electrons. The third kappa shape index (κ3) is 5.39. The molecule has 0 aliphatic carbocycles. The van der Waals surface area contributed by atoms with Crippen molar-refractivity contribution in [2.45, 2.75) is 19.1 Å². The van der Waals surface area contributed by atoms with Crippen LogP contribution in [-0.4, -0.2) is 83.0 Å². The first-order valence-electron chi connectivity index (χ1n) is 9.14. The second-order valence-electron chi connectivity index (χ2n) is 6.83. The number of benzene rings is 1. The van der Waals surface area contributed by atoms with E-state index >= 15 is 0 Å². The number of guanidine groups is 1. The summed E-state index contributed by atoms with van der Waals surface area (Å²) in [5.74, 6) is 2.48. The topological polar surface area (TPSA) is 58.6 Å². The van der Waals surface area contributed by atoms with Gasteiger partial charge in [-0.2, -0.15) is 0 Å². The first kappa shape index (κ1) is 22.0. The lowest BCUT2D eigenvalue weighted by Gasteiger charge is -2.34. The number of halogens is 1. The van der Waals surface area contributed by atoms with Gasteiger partial charge in [-0.3, -0.25) is 4.99 Å². The lowest BCUT2D eigenvalue weighted by atomic mass is 9.99. The van der Waals surface area contributed by atoms with Crippen molar-refractivity contribution >= 4 is 29.9 Å². The van der Waals surface area contributed by atoms with E-state index in [1.807, 2.05) is 7.05 Å². The van der Waals surface area contributed by atoms with Crippen molar-refractivity contribution in [1.82, 2.24) is 15.1 Å². The third-order valence-electron chi connectivity index (χ3n) is 5.06. The molecule has 0 saturated carbocycles. The van der Waals surface area contributed by atoms with E-state index in [9.17, 15) is 0 Å². The Kier molecular flexibility index (Phi) is 8.43. The molecular formula is C19H31IN4O3. The van der Waals surface area contributed by atoms with Crippen LogP contribution in [0.25, 0.3) is 0 Å². The zero-order valence-electron chi connectivity index (χ0n) is 16.7. The number of methoxy groups -OCH3 is 2. The molecular weight excluding hydrogens is 459 g/mol. The zero-order valence-corrected chi connectivity index (χ0v) is 19.0. The van der Waals surface area contributed by atoms with E-state index in [1.165, 1.54) is 11.1 Å². The highest BCUT2D eigenvalue weighted by Gasteiger charge is 2.23. The van der Waals surface area contributed by atoms with Gasteiger partial charge in [0.1, 0.15) is 0 Å². The van der Waals surface area contributed by atoms with Crippen LogP contribution in [0, 0.1) is 0 Å². The predicted molar refractivity (Wildman–Crippen MR) is 118 cm³/mol. The molecule has 0 bridgehead atoms. The molecule has 2 heterocycles. The molecule has 3 rings (SSSR count). The molecule has 7 nitrogen and oxygen atoms in total. The fourth-order valence-electron chi connectivity index (χ4n) is 3.59. The van der Waals surface area contributed by atoms with E-state index in [2.05, 4.69) is 39.3 Å². The Morgan fingerprint density at radius 3 is 2.56 bits per heavy atom. The van der Waals surface area contributed by atoms with Gasteiger partial charge in [-0.25, -0.2) is 0 Å². The van der Waals surface area contributed by atoms with Gasteiger partial charge in [0.25, 0.3) is 0 Å². The molecule has 1 saturated heterocycles. The van der Waals surface area contributed by atoms with Gasteiger partial charge in [0.05, 0.1) is 26.9 Å². The standard InChI is InChI=1S/C19H30N4O3.HI/c1-20-19(21-11-16-13-22(2)7-8-26-16)23-6-5-14-9-17(24-3)18(25-4)10-15(14)12-23;/h9-10,16H,5-8,11-13H2,1-4H3,(H,20,21);1H. The van der Waals surface area contributed by atoms with Gasteiger partial charge in [-0.15, -0.1) is 24.0 Å². The van der Waals surface area contributed by atoms with Gasteiger partial charge in [0.15, 0.2) is 17.5 Å². The quantitative estimate of drug-likeness (QED) is 0.393. The molecule has 0 spiro atoms. The summed E-state index contributed by atoms with van der Waals surface area (Å²) in [6.45, 7) is 5.24. The monoisotopic (exact) mass is 490 g/mol. The number of fused-ring (bicyclic) bond motifs is 1. The van der Waals surface area contributed by atoms with Gasteiger partial charge in [-0.05, 0) is 36.7 Å². The van der Waals surface area contributed by atoms with Crippen molar-refractivity contribution in [1.29, 1.82) is 0 Å². The first-order valence-corrected chi connectivity index (χ1v) is 9.14. The molecule has 1 N–H and O–H groups in total. The maximum absolute atomic E-state index is 5.83. The largest absolute Gasteiger partial charge is 0.493 e. The smallest absolute Gasteiger partial charge is 0.194 e. The van der Waals surface area contributed by atoms with E-state index < -0.39 is 0 Å². The highest BCUT2D eigenvalue weighted by molar-refractivity contribution is 14.0. The Bertz CT molecular complexity index is 656. The number of aliphatic imine (C=N–C) groups is 1. The highest BCUT2D eigenvalue weighted by Crippen LogP contribution is 2.33. The minimum atomic E-state index is 0. The van der Waals surface area contributed by atoms with Crippen LogP contribution in [0.15, 0.2) is 17.1 Å². The van der Waals surface area contributed by atoms with E-state index in [0.29, 0.717) is 0 Å². The van der Waals surface area contributed by atoms with Crippen molar-refractivity contribution < 1.29 is 14.2 Å². The molecule has 0 amide bonds. The van der Waals surface area contributed by atoms with Crippen molar-refractivity contribution in [2.24, 2.45) is 4.99 Å². The summed E-state index contributed by atoms with van der Waals surface area (Å²) in [7, 11) is 7.32. The second kappa shape index (κ2) is 10.3. The lowest BCUT2D eigenvalue weighted by molar-refractivity contribution is -0.0163. The molecule has 152 valence electrons. The molecule has 0 aromatic heterocycles. The molecule has 27 heavy (non-hydrogen) atoms. The van der Waals surface area contributed by atoms with E-state index in [0.717, 1.165) is 63.2 Å². The van der Waals surface area contributed by atoms with Crippen LogP contribution in [0.4, 0.5) is 0 Å². The van der Waals surface area contributed by atoms with Crippen LogP contribution < -0.4 is 14.8 Å². The minimum absolute atomic E-state index is 0. The van der Waals surface area contributed by atoms with E-state index in [4.69, 9.17) is 14.2 Å². The fraction of sp³-hybridized carbons (Fsp3) is 0.632. The van der Waals surface area contributed by atoms with Crippen LogP contribution >= 0.6 is 24.0 Å². The number of morpholine rings is 1. The molecule has 1 atom stereocenters. The second-order valence-corrected chi connectivity index (χ2v) is 6.83. The number of rotatable bonds is 4. The fourth-order valence-corrected chi connectivity index (χ4v) is 3.59. The normalized spacial score (nSPS) is 20.5. The Morgan fingerprint density at radius 1 is 1.22 bits per heavy atom. The highest BCUT2D eigenvalue weighted by atomic mass is 127.